The maximum atomic E-state index is 5.83. The zero-order valence-electron chi connectivity index (χ0n) is 13.4. The fourth-order valence-corrected chi connectivity index (χ4v) is 1.91. The second-order valence-electron chi connectivity index (χ2n) is 5.62. The quantitative estimate of drug-likeness (QED) is 0.689. The van der Waals surface area contributed by atoms with Crippen LogP contribution < -0.4 is 0 Å². The van der Waals surface area contributed by atoms with Gasteiger partial charge < -0.3 is 14.2 Å². The molecule has 3 nitrogen and oxygen atoms in total. The van der Waals surface area contributed by atoms with E-state index in [1.807, 2.05) is 13.8 Å². The molecule has 0 aliphatic rings. The van der Waals surface area contributed by atoms with Gasteiger partial charge in [-0.3, -0.25) is 0 Å². The molecule has 0 saturated heterocycles. The summed E-state index contributed by atoms with van der Waals surface area (Å²) >= 11 is 0. The van der Waals surface area contributed by atoms with E-state index in [2.05, 4.69) is 38.1 Å². The van der Waals surface area contributed by atoms with Crippen LogP contribution in [0.25, 0.3) is 0 Å². The lowest BCUT2D eigenvalue weighted by atomic mass is 10.0. The van der Waals surface area contributed by atoms with Crippen LogP contribution in [0.4, 0.5) is 0 Å². The van der Waals surface area contributed by atoms with Gasteiger partial charge in [-0.25, -0.2) is 0 Å². The fourth-order valence-electron chi connectivity index (χ4n) is 1.91. The normalized spacial score (nSPS) is 14.5. The van der Waals surface area contributed by atoms with Crippen LogP contribution in [-0.4, -0.2) is 32.5 Å². The molecule has 0 aromatic heterocycles. The molecule has 2 atom stereocenters. The van der Waals surface area contributed by atoms with Crippen LogP contribution >= 0.6 is 0 Å². The van der Waals surface area contributed by atoms with Crippen LogP contribution in [0.5, 0.6) is 0 Å². The molecule has 0 radical (unpaired) electrons. The summed E-state index contributed by atoms with van der Waals surface area (Å²) in [5.41, 5.74) is 2.57. The maximum Gasteiger partial charge on any atom is 0.0785 e. The number of ether oxygens (including phenoxy) is 3. The van der Waals surface area contributed by atoms with Gasteiger partial charge in [-0.15, -0.1) is 0 Å². The third-order valence-corrected chi connectivity index (χ3v) is 3.17. The van der Waals surface area contributed by atoms with E-state index in [9.17, 15) is 0 Å². The van der Waals surface area contributed by atoms with Crippen LogP contribution in [0, 0.1) is 0 Å². The minimum Gasteiger partial charge on any atom is -0.382 e. The molecule has 0 fully saturated rings. The first kappa shape index (κ1) is 17.2. The molecule has 1 rings (SSSR count). The van der Waals surface area contributed by atoms with E-state index in [0.29, 0.717) is 25.7 Å². The zero-order chi connectivity index (χ0) is 15.0. The summed E-state index contributed by atoms with van der Waals surface area (Å²) in [6.45, 7) is 10.3. The molecule has 0 spiro atoms. The Labute approximate surface area is 123 Å². The Bertz CT molecular complexity index is 376. The van der Waals surface area contributed by atoms with Gasteiger partial charge in [0.25, 0.3) is 0 Å². The van der Waals surface area contributed by atoms with E-state index in [4.69, 9.17) is 14.2 Å². The summed E-state index contributed by atoms with van der Waals surface area (Å²) in [7, 11) is 1.68. The van der Waals surface area contributed by atoms with Crippen molar-refractivity contribution in [2.75, 3.05) is 20.3 Å². The standard InChI is InChI=1S/C17H28O3/c1-13(2)17-8-6-7-16(9-17)12-20-15(4)11-19-14(3)10-18-5/h6-9,13-15H,10-12H2,1-5H3. The van der Waals surface area contributed by atoms with Crippen LogP contribution in [0.3, 0.4) is 0 Å². The maximum absolute atomic E-state index is 5.83. The Morgan fingerprint density at radius 1 is 0.950 bits per heavy atom. The van der Waals surface area contributed by atoms with Gasteiger partial charge in [0.15, 0.2) is 0 Å². The van der Waals surface area contributed by atoms with Crippen molar-refractivity contribution in [1.29, 1.82) is 0 Å². The first-order chi connectivity index (χ1) is 9.52. The highest BCUT2D eigenvalue weighted by Gasteiger charge is 2.07. The van der Waals surface area contributed by atoms with Crippen molar-refractivity contribution >= 4 is 0 Å². The molecule has 20 heavy (non-hydrogen) atoms. The molecular formula is C17H28O3. The van der Waals surface area contributed by atoms with Crippen molar-refractivity contribution in [3.8, 4) is 0 Å². The predicted molar refractivity (Wildman–Crippen MR) is 82.1 cm³/mol. The molecule has 0 N–H and O–H groups in total. The topological polar surface area (TPSA) is 27.7 Å². The minimum absolute atomic E-state index is 0.0806. The van der Waals surface area contributed by atoms with Gasteiger partial charge >= 0.3 is 0 Å². The van der Waals surface area contributed by atoms with Crippen LogP contribution in [0.15, 0.2) is 24.3 Å². The Balaban J connectivity index is 2.33. The lowest BCUT2D eigenvalue weighted by Gasteiger charge is -2.17. The van der Waals surface area contributed by atoms with Crippen LogP contribution in [0.1, 0.15) is 44.7 Å². The van der Waals surface area contributed by atoms with Gasteiger partial charge in [-0.05, 0) is 30.9 Å². The van der Waals surface area contributed by atoms with Crippen LogP contribution in [-0.2, 0) is 20.8 Å². The van der Waals surface area contributed by atoms with E-state index in [1.165, 1.54) is 11.1 Å². The van der Waals surface area contributed by atoms with Gasteiger partial charge in [-0.2, -0.15) is 0 Å². The molecule has 1 aromatic carbocycles. The lowest BCUT2D eigenvalue weighted by molar-refractivity contribution is -0.0555. The van der Waals surface area contributed by atoms with E-state index in [-0.39, 0.29) is 12.2 Å². The molecule has 0 heterocycles. The second-order valence-corrected chi connectivity index (χ2v) is 5.62. The van der Waals surface area contributed by atoms with E-state index in [0.717, 1.165) is 0 Å². The third-order valence-electron chi connectivity index (χ3n) is 3.17. The summed E-state index contributed by atoms with van der Waals surface area (Å²) in [6.07, 6.45) is 0.187. The van der Waals surface area contributed by atoms with E-state index < -0.39 is 0 Å². The Morgan fingerprint density at radius 2 is 1.65 bits per heavy atom. The number of rotatable bonds is 9. The van der Waals surface area contributed by atoms with Gasteiger partial charge in [-0.1, -0.05) is 38.1 Å². The molecule has 0 amide bonds. The zero-order valence-corrected chi connectivity index (χ0v) is 13.4. The predicted octanol–water partition coefficient (Wildman–Crippen LogP) is 3.77. The number of methoxy groups -OCH3 is 1. The van der Waals surface area contributed by atoms with Crippen molar-refractivity contribution < 1.29 is 14.2 Å². The number of hydrogen-bond acceptors (Lipinski definition) is 3. The smallest absolute Gasteiger partial charge is 0.0785 e. The second kappa shape index (κ2) is 9.11. The summed E-state index contributed by atoms with van der Waals surface area (Å²) < 4.78 is 16.5. The summed E-state index contributed by atoms with van der Waals surface area (Å²) in [4.78, 5) is 0. The third kappa shape index (κ3) is 6.51. The molecule has 0 bridgehead atoms. The molecule has 2 unspecified atom stereocenters. The van der Waals surface area contributed by atoms with Crippen molar-refractivity contribution in [2.45, 2.75) is 52.4 Å². The van der Waals surface area contributed by atoms with Gasteiger partial charge in [0.2, 0.25) is 0 Å². The average Bonchev–Trinajstić information content (AvgIpc) is 2.43. The summed E-state index contributed by atoms with van der Waals surface area (Å²) in [5, 5.41) is 0. The molecule has 3 heteroatoms. The van der Waals surface area contributed by atoms with Crippen LogP contribution in [0.2, 0.25) is 0 Å². The number of hydrogen-bond donors (Lipinski definition) is 0. The summed E-state index contributed by atoms with van der Waals surface area (Å²) in [6, 6.07) is 8.57. The number of benzene rings is 1. The monoisotopic (exact) mass is 280 g/mol. The average molecular weight is 280 g/mol. The minimum atomic E-state index is 0.0806. The van der Waals surface area contributed by atoms with Gasteiger partial charge in [0, 0.05) is 7.11 Å². The molecular weight excluding hydrogens is 252 g/mol. The van der Waals surface area contributed by atoms with Crippen molar-refractivity contribution in [2.24, 2.45) is 0 Å². The highest BCUT2D eigenvalue weighted by atomic mass is 16.6. The fraction of sp³-hybridized carbons (Fsp3) is 0.647. The van der Waals surface area contributed by atoms with Gasteiger partial charge in [0.1, 0.15) is 0 Å². The first-order valence-electron chi connectivity index (χ1n) is 7.34. The Hall–Kier alpha value is -0.900. The molecule has 1 aromatic rings. The Morgan fingerprint density at radius 3 is 2.30 bits per heavy atom. The van der Waals surface area contributed by atoms with E-state index in [1.54, 1.807) is 7.11 Å². The molecule has 114 valence electrons. The largest absolute Gasteiger partial charge is 0.382 e. The van der Waals surface area contributed by atoms with Crippen molar-refractivity contribution in [3.05, 3.63) is 35.4 Å². The molecule has 0 saturated carbocycles. The van der Waals surface area contributed by atoms with Crippen molar-refractivity contribution in [3.63, 3.8) is 0 Å². The lowest BCUT2D eigenvalue weighted by Crippen LogP contribution is -2.22. The first-order valence-corrected chi connectivity index (χ1v) is 7.34. The van der Waals surface area contributed by atoms with E-state index >= 15 is 0 Å². The Kier molecular flexibility index (Phi) is 7.82. The highest BCUT2D eigenvalue weighted by Crippen LogP contribution is 2.16. The van der Waals surface area contributed by atoms with Crippen molar-refractivity contribution in [1.82, 2.24) is 0 Å². The van der Waals surface area contributed by atoms with Gasteiger partial charge in [0.05, 0.1) is 32.0 Å². The summed E-state index contributed by atoms with van der Waals surface area (Å²) in [5.74, 6) is 0.547. The molecule has 0 aliphatic carbocycles. The highest BCUT2D eigenvalue weighted by molar-refractivity contribution is 5.25. The SMILES string of the molecule is COCC(C)OCC(C)OCc1cccc(C(C)C)c1. The molecule has 0 aliphatic heterocycles.